The van der Waals surface area contributed by atoms with Gasteiger partial charge in [0.2, 0.25) is 0 Å². The number of ether oxygens (including phenoxy) is 1. The van der Waals surface area contributed by atoms with Gasteiger partial charge >= 0.3 is 0 Å². The molecule has 4 heteroatoms. The second-order valence-corrected chi connectivity index (χ2v) is 4.17. The molecule has 0 spiro atoms. The van der Waals surface area contributed by atoms with E-state index < -0.39 is 0 Å². The lowest BCUT2D eigenvalue weighted by Crippen LogP contribution is -2.16. The minimum atomic E-state index is 0.624. The van der Waals surface area contributed by atoms with Crippen LogP contribution in [0.15, 0.2) is 23.2 Å². The Kier molecular flexibility index (Phi) is 3.67. The number of hydrogen-bond donors (Lipinski definition) is 1. The third kappa shape index (κ3) is 2.67. The molecule has 1 aromatic carbocycles. The summed E-state index contributed by atoms with van der Waals surface area (Å²) in [6.45, 7) is 0.924. The van der Waals surface area contributed by atoms with Crippen LogP contribution < -0.4 is 10.1 Å². The van der Waals surface area contributed by atoms with Crippen molar-refractivity contribution >= 4 is 23.1 Å². The first-order valence-corrected chi connectivity index (χ1v) is 5.81. The molecule has 1 aliphatic rings. The smallest absolute Gasteiger partial charge is 0.139 e. The maximum atomic E-state index is 5.96. The minimum absolute atomic E-state index is 0.624. The molecule has 0 saturated heterocycles. The predicted octanol–water partition coefficient (Wildman–Crippen LogP) is 3.34. The molecule has 1 aliphatic heterocycles. The Morgan fingerprint density at radius 2 is 2.25 bits per heavy atom. The summed E-state index contributed by atoms with van der Waals surface area (Å²) < 4.78 is 5.16. The van der Waals surface area contributed by atoms with E-state index in [0.29, 0.717) is 10.8 Å². The average Bonchev–Trinajstić information content (AvgIpc) is 2.33. The van der Waals surface area contributed by atoms with Crippen LogP contribution in [-0.4, -0.2) is 19.5 Å². The molecular weight excluding hydrogens is 224 g/mol. The van der Waals surface area contributed by atoms with Crippen molar-refractivity contribution in [1.82, 2.24) is 0 Å². The van der Waals surface area contributed by atoms with Gasteiger partial charge in [-0.1, -0.05) is 11.6 Å². The zero-order valence-electron chi connectivity index (χ0n) is 9.29. The molecule has 0 atom stereocenters. The number of halogens is 1. The van der Waals surface area contributed by atoms with Crippen molar-refractivity contribution in [3.05, 3.63) is 23.2 Å². The third-order valence-electron chi connectivity index (χ3n) is 2.56. The monoisotopic (exact) mass is 238 g/mol. The molecule has 86 valence electrons. The second kappa shape index (κ2) is 5.21. The number of benzene rings is 1. The number of nitrogens with one attached hydrogen (secondary N) is 1. The first-order valence-electron chi connectivity index (χ1n) is 5.43. The molecule has 3 nitrogen and oxygen atoms in total. The van der Waals surface area contributed by atoms with Crippen LogP contribution in [0.2, 0.25) is 5.02 Å². The van der Waals surface area contributed by atoms with Gasteiger partial charge in [0.15, 0.2) is 0 Å². The van der Waals surface area contributed by atoms with E-state index in [9.17, 15) is 0 Å². The topological polar surface area (TPSA) is 33.6 Å². The molecule has 0 saturated carbocycles. The molecule has 0 aromatic heterocycles. The Hall–Kier alpha value is -1.22. The van der Waals surface area contributed by atoms with Crippen LogP contribution in [0.3, 0.4) is 0 Å². The van der Waals surface area contributed by atoms with Gasteiger partial charge in [0.25, 0.3) is 0 Å². The van der Waals surface area contributed by atoms with Gasteiger partial charge < -0.3 is 10.1 Å². The Balaban J connectivity index is 2.12. The van der Waals surface area contributed by atoms with Crippen molar-refractivity contribution in [3.8, 4) is 5.75 Å². The molecule has 0 amide bonds. The summed E-state index contributed by atoms with van der Waals surface area (Å²) in [6, 6.07) is 5.65. The molecule has 0 radical (unpaired) electrons. The number of rotatable bonds is 2. The van der Waals surface area contributed by atoms with E-state index in [-0.39, 0.29) is 0 Å². The van der Waals surface area contributed by atoms with Gasteiger partial charge in [-0.2, -0.15) is 0 Å². The molecule has 1 heterocycles. The highest BCUT2D eigenvalue weighted by Crippen LogP contribution is 2.27. The van der Waals surface area contributed by atoms with Crippen molar-refractivity contribution in [3.63, 3.8) is 0 Å². The number of methoxy groups -OCH3 is 1. The van der Waals surface area contributed by atoms with E-state index in [1.807, 2.05) is 18.2 Å². The van der Waals surface area contributed by atoms with Gasteiger partial charge in [0.05, 0.1) is 12.1 Å². The summed E-state index contributed by atoms with van der Waals surface area (Å²) in [5.41, 5.74) is 0.974. The zero-order chi connectivity index (χ0) is 11.4. The molecule has 0 aliphatic carbocycles. The van der Waals surface area contributed by atoms with Gasteiger partial charge in [-0.25, -0.2) is 0 Å². The fourth-order valence-electron chi connectivity index (χ4n) is 1.70. The lowest BCUT2D eigenvalue weighted by atomic mass is 10.2. The molecule has 2 rings (SSSR count). The largest absolute Gasteiger partial charge is 0.495 e. The minimum Gasteiger partial charge on any atom is -0.495 e. The van der Waals surface area contributed by atoms with E-state index in [1.165, 1.54) is 12.8 Å². The number of nitrogens with zero attached hydrogens (tertiary/aromatic N) is 1. The molecule has 0 fully saturated rings. The summed E-state index contributed by atoms with van der Waals surface area (Å²) in [7, 11) is 1.61. The second-order valence-electron chi connectivity index (χ2n) is 3.76. The van der Waals surface area contributed by atoms with Gasteiger partial charge in [0.1, 0.15) is 11.6 Å². The van der Waals surface area contributed by atoms with Crippen molar-refractivity contribution in [2.45, 2.75) is 19.3 Å². The van der Waals surface area contributed by atoms with Gasteiger partial charge in [-0.3, -0.25) is 4.99 Å². The highest BCUT2D eigenvalue weighted by atomic mass is 35.5. The Morgan fingerprint density at radius 1 is 1.38 bits per heavy atom. The van der Waals surface area contributed by atoms with Crippen LogP contribution in [0.25, 0.3) is 0 Å². The predicted molar refractivity (Wildman–Crippen MR) is 67.8 cm³/mol. The number of aliphatic imine (C=N–C) groups is 1. The van der Waals surface area contributed by atoms with Crippen LogP contribution in [0.4, 0.5) is 5.69 Å². The van der Waals surface area contributed by atoms with Crippen LogP contribution in [0, 0.1) is 0 Å². The Bertz CT molecular complexity index is 404. The van der Waals surface area contributed by atoms with E-state index >= 15 is 0 Å². The van der Waals surface area contributed by atoms with E-state index in [4.69, 9.17) is 16.3 Å². The summed E-state index contributed by atoms with van der Waals surface area (Å²) in [5, 5.41) is 3.92. The number of hydrogen-bond acceptors (Lipinski definition) is 3. The molecule has 0 bridgehead atoms. The first-order chi connectivity index (χ1) is 7.79. The SMILES string of the molecule is COc1cc(NC2=NCCCC2)ccc1Cl. The van der Waals surface area contributed by atoms with E-state index in [0.717, 1.165) is 24.5 Å². The van der Waals surface area contributed by atoms with Crippen molar-refractivity contribution in [1.29, 1.82) is 0 Å². The maximum Gasteiger partial charge on any atom is 0.139 e. The lowest BCUT2D eigenvalue weighted by molar-refractivity contribution is 0.415. The highest BCUT2D eigenvalue weighted by molar-refractivity contribution is 6.32. The molecule has 16 heavy (non-hydrogen) atoms. The average molecular weight is 239 g/mol. The van der Waals surface area contributed by atoms with E-state index in [2.05, 4.69) is 10.3 Å². The maximum absolute atomic E-state index is 5.96. The molecule has 1 N–H and O–H groups in total. The van der Waals surface area contributed by atoms with E-state index in [1.54, 1.807) is 7.11 Å². The van der Waals surface area contributed by atoms with Crippen molar-refractivity contribution in [2.75, 3.05) is 19.0 Å². The number of anilines is 1. The molecule has 1 aromatic rings. The summed E-state index contributed by atoms with van der Waals surface area (Å²) in [6.07, 6.45) is 3.41. The standard InChI is InChI=1S/C12H15ClN2O/c1-16-11-8-9(5-6-10(11)13)15-12-4-2-3-7-14-12/h5-6,8H,2-4,7H2,1H3,(H,14,15). The summed E-state index contributed by atoms with van der Waals surface area (Å²) >= 11 is 5.96. The summed E-state index contributed by atoms with van der Waals surface area (Å²) in [5.74, 6) is 1.73. The first kappa shape index (κ1) is 11.3. The molecule has 0 unspecified atom stereocenters. The van der Waals surface area contributed by atoms with Crippen molar-refractivity contribution < 1.29 is 4.74 Å². The third-order valence-corrected chi connectivity index (χ3v) is 2.88. The van der Waals surface area contributed by atoms with Gasteiger partial charge in [-0.05, 0) is 25.0 Å². The van der Waals surface area contributed by atoms with Gasteiger partial charge in [0, 0.05) is 24.7 Å². The molecular formula is C12H15ClN2O. The lowest BCUT2D eigenvalue weighted by Gasteiger charge is -2.14. The Labute approximate surface area is 100 Å². The fraction of sp³-hybridized carbons (Fsp3) is 0.417. The van der Waals surface area contributed by atoms with Crippen LogP contribution in [-0.2, 0) is 0 Å². The highest BCUT2D eigenvalue weighted by Gasteiger charge is 2.07. The van der Waals surface area contributed by atoms with Crippen LogP contribution >= 0.6 is 11.6 Å². The van der Waals surface area contributed by atoms with Crippen LogP contribution in [0.1, 0.15) is 19.3 Å². The normalized spacial score (nSPS) is 15.5. The fourth-order valence-corrected chi connectivity index (χ4v) is 1.90. The number of amidine groups is 1. The van der Waals surface area contributed by atoms with Crippen molar-refractivity contribution in [2.24, 2.45) is 4.99 Å². The quantitative estimate of drug-likeness (QED) is 0.857. The van der Waals surface area contributed by atoms with Crippen LogP contribution in [0.5, 0.6) is 5.75 Å². The Morgan fingerprint density at radius 3 is 2.94 bits per heavy atom. The summed E-state index contributed by atoms with van der Waals surface area (Å²) in [4.78, 5) is 4.43. The van der Waals surface area contributed by atoms with Gasteiger partial charge in [-0.15, -0.1) is 0 Å². The zero-order valence-corrected chi connectivity index (χ0v) is 10.0.